The number of ether oxygens (including phenoxy) is 4. The zero-order valence-electron chi connectivity index (χ0n) is 11.9. The van der Waals surface area contributed by atoms with E-state index in [4.69, 9.17) is 18.9 Å². The molecule has 0 aliphatic carbocycles. The maximum atomic E-state index is 5.61. The molecular weight excluding hydrogens is 326 g/mol. The van der Waals surface area contributed by atoms with Gasteiger partial charge >= 0.3 is 0 Å². The van der Waals surface area contributed by atoms with Gasteiger partial charge in [-0.3, -0.25) is 0 Å². The van der Waals surface area contributed by atoms with Gasteiger partial charge in [0.25, 0.3) is 0 Å². The van der Waals surface area contributed by atoms with Gasteiger partial charge in [0.05, 0.1) is 10.5 Å². The van der Waals surface area contributed by atoms with Crippen LogP contribution in [0.15, 0.2) is 16.6 Å². The van der Waals surface area contributed by atoms with Crippen molar-refractivity contribution < 1.29 is 18.9 Å². The lowest BCUT2D eigenvalue weighted by Gasteiger charge is -2.23. The van der Waals surface area contributed by atoms with Gasteiger partial charge in [0.2, 0.25) is 0 Å². The van der Waals surface area contributed by atoms with E-state index in [1.807, 2.05) is 19.1 Å². The summed E-state index contributed by atoms with van der Waals surface area (Å²) in [5.74, 6) is 1.56. The van der Waals surface area contributed by atoms with Crippen LogP contribution in [-0.2, 0) is 16.0 Å². The molecule has 1 aromatic carbocycles. The molecule has 2 rings (SSSR count). The number of hydrogen-bond donors (Lipinski definition) is 1. The maximum absolute atomic E-state index is 5.61. The summed E-state index contributed by atoms with van der Waals surface area (Å²) in [4.78, 5) is 0. The molecule has 0 saturated heterocycles. The third-order valence-corrected chi connectivity index (χ3v) is 3.75. The summed E-state index contributed by atoms with van der Waals surface area (Å²) in [5.41, 5.74) is 1.11. The Kier molecular flexibility index (Phi) is 5.65. The first-order valence-corrected chi connectivity index (χ1v) is 7.32. The second kappa shape index (κ2) is 7.26. The van der Waals surface area contributed by atoms with Crippen molar-refractivity contribution in [3.63, 3.8) is 0 Å². The minimum atomic E-state index is -0.268. The van der Waals surface area contributed by atoms with Crippen LogP contribution >= 0.6 is 15.9 Å². The number of benzene rings is 1. The van der Waals surface area contributed by atoms with Crippen LogP contribution in [-0.4, -0.2) is 39.8 Å². The molecule has 0 amide bonds. The van der Waals surface area contributed by atoms with Crippen molar-refractivity contribution in [3.8, 4) is 11.5 Å². The molecule has 0 radical (unpaired) electrons. The van der Waals surface area contributed by atoms with Crippen LogP contribution in [0.2, 0.25) is 0 Å². The number of rotatable bonds is 6. The van der Waals surface area contributed by atoms with Crippen LogP contribution < -0.4 is 14.8 Å². The van der Waals surface area contributed by atoms with E-state index < -0.39 is 0 Å². The minimum Gasteiger partial charge on any atom is -0.486 e. The van der Waals surface area contributed by atoms with E-state index in [1.54, 1.807) is 14.2 Å². The smallest absolute Gasteiger partial charge is 0.175 e. The van der Waals surface area contributed by atoms with Crippen molar-refractivity contribution in [2.75, 3.05) is 27.4 Å². The van der Waals surface area contributed by atoms with Crippen LogP contribution in [0.1, 0.15) is 12.5 Å². The summed E-state index contributed by atoms with van der Waals surface area (Å²) in [7, 11) is 3.26. The molecule has 5 nitrogen and oxygen atoms in total. The highest BCUT2D eigenvalue weighted by Crippen LogP contribution is 2.38. The van der Waals surface area contributed by atoms with E-state index in [0.29, 0.717) is 19.8 Å². The minimum absolute atomic E-state index is 0.0805. The summed E-state index contributed by atoms with van der Waals surface area (Å²) in [6.07, 6.45) is -0.268. The van der Waals surface area contributed by atoms with Gasteiger partial charge in [0.1, 0.15) is 13.2 Å². The highest BCUT2D eigenvalue weighted by atomic mass is 79.9. The number of hydrogen-bond acceptors (Lipinski definition) is 5. The molecule has 0 fully saturated rings. The molecule has 1 N–H and O–H groups in total. The van der Waals surface area contributed by atoms with E-state index in [2.05, 4.69) is 21.2 Å². The van der Waals surface area contributed by atoms with Crippen molar-refractivity contribution in [1.82, 2.24) is 5.32 Å². The molecule has 1 aromatic rings. The topological polar surface area (TPSA) is 49.0 Å². The first-order valence-electron chi connectivity index (χ1n) is 6.52. The van der Waals surface area contributed by atoms with E-state index >= 15 is 0 Å². The summed E-state index contributed by atoms with van der Waals surface area (Å²) < 4.78 is 22.5. The molecule has 20 heavy (non-hydrogen) atoms. The highest BCUT2D eigenvalue weighted by Gasteiger charge is 2.18. The maximum Gasteiger partial charge on any atom is 0.175 e. The normalized spacial score (nSPS) is 15.4. The van der Waals surface area contributed by atoms with E-state index in [9.17, 15) is 0 Å². The number of halogens is 1. The van der Waals surface area contributed by atoms with Crippen molar-refractivity contribution >= 4 is 15.9 Å². The van der Waals surface area contributed by atoms with Crippen LogP contribution in [0.25, 0.3) is 0 Å². The Balaban J connectivity index is 2.01. The monoisotopic (exact) mass is 345 g/mol. The Morgan fingerprint density at radius 2 is 1.95 bits per heavy atom. The fourth-order valence-corrected chi connectivity index (χ4v) is 2.75. The lowest BCUT2D eigenvalue weighted by Crippen LogP contribution is -2.39. The fraction of sp³-hybridized carbons (Fsp3) is 0.571. The molecule has 6 heteroatoms. The van der Waals surface area contributed by atoms with E-state index in [1.165, 1.54) is 0 Å². The van der Waals surface area contributed by atoms with Gasteiger partial charge in [-0.05, 0) is 40.5 Å². The zero-order valence-corrected chi connectivity index (χ0v) is 13.5. The van der Waals surface area contributed by atoms with Gasteiger partial charge in [0.15, 0.2) is 17.8 Å². The Bertz CT molecular complexity index is 451. The van der Waals surface area contributed by atoms with Gasteiger partial charge in [-0.15, -0.1) is 0 Å². The lowest BCUT2D eigenvalue weighted by molar-refractivity contribution is -0.119. The average Bonchev–Trinajstić information content (AvgIpc) is 2.46. The van der Waals surface area contributed by atoms with Crippen LogP contribution in [0.4, 0.5) is 0 Å². The predicted octanol–water partition coefficient (Wildman–Crippen LogP) is 2.32. The van der Waals surface area contributed by atoms with Gasteiger partial charge in [-0.1, -0.05) is 0 Å². The Labute approximate surface area is 127 Å². The standard InChI is InChI=1S/C14H20BrNO4/c1-9(14(17-2)18-3)16-8-10-6-11(15)13-12(7-10)19-4-5-20-13/h6-7,9,14,16H,4-5,8H2,1-3H3. The number of fused-ring (bicyclic) bond motifs is 1. The molecule has 1 aliphatic rings. The van der Waals surface area contributed by atoms with Crippen molar-refractivity contribution in [2.24, 2.45) is 0 Å². The predicted molar refractivity (Wildman–Crippen MR) is 79.2 cm³/mol. The van der Waals surface area contributed by atoms with Crippen molar-refractivity contribution in [2.45, 2.75) is 25.8 Å². The third-order valence-electron chi connectivity index (χ3n) is 3.16. The van der Waals surface area contributed by atoms with Crippen molar-refractivity contribution in [1.29, 1.82) is 0 Å². The van der Waals surface area contributed by atoms with E-state index in [-0.39, 0.29) is 12.3 Å². The van der Waals surface area contributed by atoms with Gasteiger partial charge in [0, 0.05) is 20.8 Å². The average molecular weight is 346 g/mol. The van der Waals surface area contributed by atoms with Gasteiger partial charge in [-0.2, -0.15) is 0 Å². The quantitative estimate of drug-likeness (QED) is 0.801. The second-order valence-corrected chi connectivity index (χ2v) is 5.47. The second-order valence-electron chi connectivity index (χ2n) is 4.61. The molecule has 1 unspecified atom stereocenters. The Morgan fingerprint density at radius 1 is 1.25 bits per heavy atom. The first-order chi connectivity index (χ1) is 9.65. The summed E-state index contributed by atoms with van der Waals surface area (Å²) in [6.45, 7) is 3.89. The molecule has 0 saturated carbocycles. The largest absolute Gasteiger partial charge is 0.486 e. The summed E-state index contributed by atoms with van der Waals surface area (Å²) in [5, 5.41) is 3.37. The Morgan fingerprint density at radius 3 is 2.65 bits per heavy atom. The van der Waals surface area contributed by atoms with Crippen LogP contribution in [0.3, 0.4) is 0 Å². The number of nitrogens with one attached hydrogen (secondary N) is 1. The molecule has 0 aromatic heterocycles. The molecule has 0 bridgehead atoms. The van der Waals surface area contributed by atoms with E-state index in [0.717, 1.165) is 21.5 Å². The zero-order chi connectivity index (χ0) is 14.5. The first kappa shape index (κ1) is 15.6. The fourth-order valence-electron chi connectivity index (χ4n) is 2.15. The summed E-state index contributed by atoms with van der Waals surface area (Å²) >= 11 is 3.51. The number of methoxy groups -OCH3 is 2. The third kappa shape index (κ3) is 3.63. The molecule has 112 valence electrons. The van der Waals surface area contributed by atoms with Crippen LogP contribution in [0.5, 0.6) is 11.5 Å². The van der Waals surface area contributed by atoms with Gasteiger partial charge in [-0.25, -0.2) is 0 Å². The SMILES string of the molecule is COC(OC)C(C)NCc1cc(Br)c2c(c1)OCCO2. The molecule has 1 atom stereocenters. The highest BCUT2D eigenvalue weighted by molar-refractivity contribution is 9.10. The van der Waals surface area contributed by atoms with Crippen molar-refractivity contribution in [3.05, 3.63) is 22.2 Å². The molecule has 1 aliphatic heterocycles. The van der Waals surface area contributed by atoms with Gasteiger partial charge < -0.3 is 24.3 Å². The van der Waals surface area contributed by atoms with Crippen LogP contribution in [0, 0.1) is 0 Å². The summed E-state index contributed by atoms with van der Waals surface area (Å²) in [6, 6.07) is 4.10. The molecular formula is C14H20BrNO4. The lowest BCUT2D eigenvalue weighted by atomic mass is 10.2. The Hall–Kier alpha value is -0.820. The molecule has 0 spiro atoms. The molecule has 1 heterocycles.